The lowest BCUT2D eigenvalue weighted by Crippen LogP contribution is -2.52. The number of hydrogen-bond donors (Lipinski definition) is 0. The number of carbonyl (C=O) groups is 1. The number of nitriles is 1. The second-order valence-corrected chi connectivity index (χ2v) is 5.47. The molecule has 4 heteroatoms. The summed E-state index contributed by atoms with van der Waals surface area (Å²) in [6.07, 6.45) is 7.51. The molecule has 2 fully saturated rings. The molecule has 1 aromatic heterocycles. The van der Waals surface area contributed by atoms with E-state index in [0.717, 1.165) is 32.2 Å². The van der Waals surface area contributed by atoms with Gasteiger partial charge in [-0.15, -0.1) is 0 Å². The molecule has 1 saturated carbocycles. The standard InChI is InChI=1S/C14H17N3O/c1-16-10-11(9-15)8-12(16)13(18)17-7-3-6-14(17)4-2-5-14/h8,10H,2-7H2,1H3. The maximum absolute atomic E-state index is 12.6. The molecule has 1 aliphatic carbocycles. The molecule has 1 saturated heterocycles. The fraction of sp³-hybridized carbons (Fsp3) is 0.571. The molecule has 0 radical (unpaired) electrons. The summed E-state index contributed by atoms with van der Waals surface area (Å²) >= 11 is 0. The molecule has 1 aromatic rings. The third-order valence-corrected chi connectivity index (χ3v) is 4.48. The molecule has 4 nitrogen and oxygen atoms in total. The zero-order chi connectivity index (χ0) is 12.8. The topological polar surface area (TPSA) is 49.0 Å². The molecule has 0 aromatic carbocycles. The quantitative estimate of drug-likeness (QED) is 0.758. The molecule has 0 bridgehead atoms. The zero-order valence-electron chi connectivity index (χ0n) is 10.6. The fourth-order valence-electron chi connectivity index (χ4n) is 3.34. The van der Waals surface area contributed by atoms with Crippen LogP contribution >= 0.6 is 0 Å². The van der Waals surface area contributed by atoms with Crippen molar-refractivity contribution in [2.75, 3.05) is 6.54 Å². The number of hydrogen-bond acceptors (Lipinski definition) is 2. The minimum Gasteiger partial charge on any atom is -0.345 e. The Morgan fingerprint density at radius 3 is 2.67 bits per heavy atom. The van der Waals surface area contributed by atoms with Crippen molar-refractivity contribution in [2.24, 2.45) is 7.05 Å². The van der Waals surface area contributed by atoms with Crippen LogP contribution in [0.2, 0.25) is 0 Å². The SMILES string of the molecule is Cn1cc(C#N)cc1C(=O)N1CCCC12CCC2. The summed E-state index contributed by atoms with van der Waals surface area (Å²) < 4.78 is 1.77. The first-order valence-corrected chi connectivity index (χ1v) is 6.55. The van der Waals surface area contributed by atoms with Crippen LogP contribution in [0, 0.1) is 11.3 Å². The lowest BCUT2D eigenvalue weighted by molar-refractivity contribution is 0.0358. The number of nitrogens with zero attached hydrogens (tertiary/aromatic N) is 3. The lowest BCUT2D eigenvalue weighted by atomic mass is 9.75. The zero-order valence-corrected chi connectivity index (χ0v) is 10.6. The van der Waals surface area contributed by atoms with E-state index in [4.69, 9.17) is 5.26 Å². The maximum Gasteiger partial charge on any atom is 0.270 e. The minimum absolute atomic E-state index is 0.0937. The van der Waals surface area contributed by atoms with Gasteiger partial charge in [0.1, 0.15) is 11.8 Å². The van der Waals surface area contributed by atoms with Crippen molar-refractivity contribution in [3.05, 3.63) is 23.5 Å². The highest BCUT2D eigenvalue weighted by atomic mass is 16.2. The maximum atomic E-state index is 12.6. The van der Waals surface area contributed by atoms with Gasteiger partial charge in [-0.25, -0.2) is 0 Å². The van der Waals surface area contributed by atoms with Gasteiger partial charge in [0.05, 0.1) is 5.56 Å². The first-order chi connectivity index (χ1) is 8.66. The van der Waals surface area contributed by atoms with E-state index in [1.54, 1.807) is 16.8 Å². The van der Waals surface area contributed by atoms with Crippen LogP contribution in [0.25, 0.3) is 0 Å². The molecule has 1 amide bonds. The van der Waals surface area contributed by atoms with E-state index in [9.17, 15) is 4.79 Å². The summed E-state index contributed by atoms with van der Waals surface area (Å²) in [4.78, 5) is 14.6. The Morgan fingerprint density at radius 2 is 2.11 bits per heavy atom. The van der Waals surface area contributed by atoms with Crippen LogP contribution in [0.4, 0.5) is 0 Å². The van der Waals surface area contributed by atoms with E-state index in [0.29, 0.717) is 11.3 Å². The summed E-state index contributed by atoms with van der Waals surface area (Å²) in [6, 6.07) is 3.79. The van der Waals surface area contributed by atoms with Crippen LogP contribution in [0.5, 0.6) is 0 Å². The first kappa shape index (κ1) is 11.3. The average Bonchev–Trinajstić information content (AvgIpc) is 2.90. The van der Waals surface area contributed by atoms with Crippen LogP contribution in [-0.4, -0.2) is 27.5 Å². The van der Waals surface area contributed by atoms with Gasteiger partial charge < -0.3 is 9.47 Å². The van der Waals surface area contributed by atoms with Crippen molar-refractivity contribution >= 4 is 5.91 Å². The number of aromatic nitrogens is 1. The Hall–Kier alpha value is -1.76. The van der Waals surface area contributed by atoms with Gasteiger partial charge >= 0.3 is 0 Å². The van der Waals surface area contributed by atoms with Crippen molar-refractivity contribution in [1.29, 1.82) is 5.26 Å². The lowest BCUT2D eigenvalue weighted by Gasteiger charge is -2.45. The summed E-state index contributed by atoms with van der Waals surface area (Å²) in [5.74, 6) is 0.0937. The van der Waals surface area contributed by atoms with E-state index in [1.165, 1.54) is 6.42 Å². The highest BCUT2D eigenvalue weighted by molar-refractivity contribution is 5.94. The number of aryl methyl sites for hydroxylation is 1. The average molecular weight is 243 g/mol. The van der Waals surface area contributed by atoms with Crippen LogP contribution < -0.4 is 0 Å². The van der Waals surface area contributed by atoms with Crippen molar-refractivity contribution in [1.82, 2.24) is 9.47 Å². The van der Waals surface area contributed by atoms with Crippen molar-refractivity contribution in [2.45, 2.75) is 37.6 Å². The Labute approximate surface area is 107 Å². The predicted molar refractivity (Wildman–Crippen MR) is 67.0 cm³/mol. The third-order valence-electron chi connectivity index (χ3n) is 4.48. The molecule has 94 valence electrons. The van der Waals surface area contributed by atoms with Crippen molar-refractivity contribution < 1.29 is 4.79 Å². The third kappa shape index (κ3) is 1.47. The summed E-state index contributed by atoms with van der Waals surface area (Å²) in [5, 5.41) is 8.89. The first-order valence-electron chi connectivity index (χ1n) is 6.55. The normalized spacial score (nSPS) is 20.8. The fourth-order valence-corrected chi connectivity index (χ4v) is 3.34. The summed E-state index contributed by atoms with van der Waals surface area (Å²) in [6.45, 7) is 0.867. The van der Waals surface area contributed by atoms with E-state index < -0.39 is 0 Å². The Kier molecular flexibility index (Phi) is 2.44. The van der Waals surface area contributed by atoms with Crippen LogP contribution in [0.1, 0.15) is 48.2 Å². The molecule has 0 N–H and O–H groups in total. The second-order valence-electron chi connectivity index (χ2n) is 5.47. The predicted octanol–water partition coefficient (Wildman–Crippen LogP) is 2.06. The van der Waals surface area contributed by atoms with E-state index >= 15 is 0 Å². The van der Waals surface area contributed by atoms with Gasteiger partial charge in [0, 0.05) is 25.3 Å². The second kappa shape index (κ2) is 3.88. The molecule has 1 spiro atoms. The molecule has 0 atom stereocenters. The van der Waals surface area contributed by atoms with E-state index in [1.807, 2.05) is 11.9 Å². The number of likely N-dealkylation sites (tertiary alicyclic amines) is 1. The Bertz CT molecular complexity index is 534. The van der Waals surface area contributed by atoms with Gasteiger partial charge in [-0.2, -0.15) is 5.26 Å². The van der Waals surface area contributed by atoms with Crippen molar-refractivity contribution in [3.8, 4) is 6.07 Å². The minimum atomic E-state index is 0.0937. The van der Waals surface area contributed by atoms with Crippen LogP contribution in [-0.2, 0) is 7.05 Å². The molecular formula is C14H17N3O. The smallest absolute Gasteiger partial charge is 0.270 e. The molecule has 2 aliphatic rings. The van der Waals surface area contributed by atoms with Gasteiger partial charge in [-0.3, -0.25) is 4.79 Å². The highest BCUT2D eigenvalue weighted by Gasteiger charge is 2.48. The van der Waals surface area contributed by atoms with Crippen LogP contribution in [0.3, 0.4) is 0 Å². The van der Waals surface area contributed by atoms with Crippen molar-refractivity contribution in [3.63, 3.8) is 0 Å². The summed E-state index contributed by atoms with van der Waals surface area (Å²) in [7, 11) is 1.83. The van der Waals surface area contributed by atoms with Gasteiger partial charge in [-0.05, 0) is 38.2 Å². The summed E-state index contributed by atoms with van der Waals surface area (Å²) in [5.41, 5.74) is 1.34. The largest absolute Gasteiger partial charge is 0.345 e. The monoisotopic (exact) mass is 243 g/mol. The molecule has 3 rings (SSSR count). The van der Waals surface area contributed by atoms with Gasteiger partial charge in [0.25, 0.3) is 5.91 Å². The Balaban J connectivity index is 1.90. The Morgan fingerprint density at radius 1 is 1.39 bits per heavy atom. The van der Waals surface area contributed by atoms with Gasteiger partial charge in [-0.1, -0.05) is 0 Å². The highest BCUT2D eigenvalue weighted by Crippen LogP contribution is 2.45. The number of rotatable bonds is 1. The van der Waals surface area contributed by atoms with E-state index in [-0.39, 0.29) is 11.4 Å². The molecule has 2 heterocycles. The van der Waals surface area contributed by atoms with Gasteiger partial charge in [0.2, 0.25) is 0 Å². The number of carbonyl (C=O) groups excluding carboxylic acids is 1. The van der Waals surface area contributed by atoms with Gasteiger partial charge in [0.15, 0.2) is 0 Å². The molecule has 1 aliphatic heterocycles. The molecule has 0 unspecified atom stereocenters. The number of amides is 1. The van der Waals surface area contributed by atoms with E-state index in [2.05, 4.69) is 6.07 Å². The van der Waals surface area contributed by atoms with Crippen LogP contribution in [0.15, 0.2) is 12.3 Å². The molecule has 18 heavy (non-hydrogen) atoms. The molecular weight excluding hydrogens is 226 g/mol.